The van der Waals surface area contributed by atoms with E-state index in [-0.39, 0.29) is 22.6 Å². The highest BCUT2D eigenvalue weighted by molar-refractivity contribution is 5.95. The minimum absolute atomic E-state index is 0.0476. The maximum atomic E-state index is 13.7. The van der Waals surface area contributed by atoms with Crippen LogP contribution in [0.4, 0.5) is 17.6 Å². The van der Waals surface area contributed by atoms with Crippen LogP contribution in [-0.4, -0.2) is 19.6 Å². The van der Waals surface area contributed by atoms with Gasteiger partial charge in [-0.25, -0.2) is 8.78 Å². The molecule has 0 aliphatic heterocycles. The molecule has 0 aromatic heterocycles. The van der Waals surface area contributed by atoms with Gasteiger partial charge in [0.1, 0.15) is 11.6 Å². The molecule has 0 spiro atoms. The lowest BCUT2D eigenvalue weighted by molar-refractivity contribution is -0.0512. The van der Waals surface area contributed by atoms with Crippen LogP contribution in [-0.2, 0) is 0 Å². The predicted octanol–water partition coefficient (Wildman–Crippen LogP) is 4.07. The fourth-order valence-electron chi connectivity index (χ4n) is 2.21. The van der Waals surface area contributed by atoms with E-state index in [1.54, 1.807) is 0 Å². The number of hydrogen-bond donors (Lipinski definition) is 1. The van der Waals surface area contributed by atoms with E-state index in [0.29, 0.717) is 0 Å². The third-order valence-electron chi connectivity index (χ3n) is 3.42. The lowest BCUT2D eigenvalue weighted by Crippen LogP contribution is -2.27. The standard InChI is InChI=1S/C17H15F4NO3/c1-9(12-5-4-11(18)8-13(12)19)22-16(23)10-3-6-14(25-17(20)21)15(7-10)24-2/h3-9,17H,1-2H3,(H,22,23)/t9-/m1/s1. The molecule has 0 radical (unpaired) electrons. The van der Waals surface area contributed by atoms with Crippen molar-refractivity contribution in [2.75, 3.05) is 7.11 Å². The fraction of sp³-hybridized carbons (Fsp3) is 0.235. The van der Waals surface area contributed by atoms with Crippen LogP contribution in [0.15, 0.2) is 36.4 Å². The zero-order chi connectivity index (χ0) is 18.6. The van der Waals surface area contributed by atoms with Gasteiger partial charge >= 0.3 is 6.61 Å². The Balaban J connectivity index is 2.17. The molecule has 4 nitrogen and oxygen atoms in total. The van der Waals surface area contributed by atoms with Crippen LogP contribution in [0, 0.1) is 11.6 Å². The molecule has 8 heteroatoms. The van der Waals surface area contributed by atoms with E-state index in [9.17, 15) is 22.4 Å². The summed E-state index contributed by atoms with van der Waals surface area (Å²) < 4.78 is 60.5. The molecular formula is C17H15F4NO3. The van der Waals surface area contributed by atoms with Crippen molar-refractivity contribution in [1.82, 2.24) is 5.32 Å². The molecule has 0 saturated heterocycles. The van der Waals surface area contributed by atoms with Crippen LogP contribution >= 0.6 is 0 Å². The number of carbonyl (C=O) groups is 1. The molecule has 2 aromatic carbocycles. The van der Waals surface area contributed by atoms with Crippen molar-refractivity contribution in [3.05, 3.63) is 59.2 Å². The summed E-state index contributed by atoms with van der Waals surface area (Å²) in [5, 5.41) is 2.54. The summed E-state index contributed by atoms with van der Waals surface area (Å²) >= 11 is 0. The van der Waals surface area contributed by atoms with Gasteiger partial charge in [0.05, 0.1) is 13.2 Å². The molecule has 25 heavy (non-hydrogen) atoms. The summed E-state index contributed by atoms with van der Waals surface area (Å²) in [6, 6.07) is 5.96. The second-order valence-electron chi connectivity index (χ2n) is 5.11. The van der Waals surface area contributed by atoms with Crippen LogP contribution in [0.2, 0.25) is 0 Å². The number of benzene rings is 2. The van der Waals surface area contributed by atoms with Crippen molar-refractivity contribution >= 4 is 5.91 Å². The Hall–Kier alpha value is -2.77. The second-order valence-corrected chi connectivity index (χ2v) is 5.11. The molecule has 0 heterocycles. The number of amides is 1. The SMILES string of the molecule is COc1cc(C(=O)N[C@H](C)c2ccc(F)cc2F)ccc1OC(F)F. The van der Waals surface area contributed by atoms with Gasteiger partial charge in [0, 0.05) is 17.2 Å². The zero-order valence-corrected chi connectivity index (χ0v) is 13.4. The van der Waals surface area contributed by atoms with Crippen molar-refractivity contribution < 1.29 is 31.8 Å². The molecule has 1 N–H and O–H groups in total. The van der Waals surface area contributed by atoms with Gasteiger partial charge < -0.3 is 14.8 Å². The first-order valence-electron chi connectivity index (χ1n) is 7.20. The summed E-state index contributed by atoms with van der Waals surface area (Å²) in [4.78, 5) is 12.3. The number of alkyl halides is 2. The minimum Gasteiger partial charge on any atom is -0.493 e. The maximum absolute atomic E-state index is 13.7. The average Bonchev–Trinajstić information content (AvgIpc) is 2.54. The van der Waals surface area contributed by atoms with Crippen LogP contribution < -0.4 is 14.8 Å². The van der Waals surface area contributed by atoms with E-state index in [1.165, 1.54) is 38.3 Å². The Morgan fingerprint density at radius 3 is 2.40 bits per heavy atom. The first-order chi connectivity index (χ1) is 11.8. The van der Waals surface area contributed by atoms with Crippen molar-refractivity contribution in [3.8, 4) is 11.5 Å². The van der Waals surface area contributed by atoms with Crippen LogP contribution in [0.25, 0.3) is 0 Å². The molecule has 134 valence electrons. The monoisotopic (exact) mass is 357 g/mol. The zero-order valence-electron chi connectivity index (χ0n) is 13.4. The Labute approximate surface area is 141 Å². The van der Waals surface area contributed by atoms with Gasteiger partial charge in [-0.15, -0.1) is 0 Å². The van der Waals surface area contributed by atoms with Crippen molar-refractivity contribution in [1.29, 1.82) is 0 Å². The third kappa shape index (κ3) is 4.62. The summed E-state index contributed by atoms with van der Waals surface area (Å²) in [7, 11) is 1.24. The Morgan fingerprint density at radius 1 is 1.08 bits per heavy atom. The molecule has 0 aliphatic carbocycles. The molecule has 1 atom stereocenters. The molecular weight excluding hydrogens is 342 g/mol. The summed E-state index contributed by atoms with van der Waals surface area (Å²) in [5.41, 5.74) is 0.215. The van der Waals surface area contributed by atoms with Gasteiger partial charge in [0.15, 0.2) is 11.5 Å². The van der Waals surface area contributed by atoms with Gasteiger partial charge in [-0.1, -0.05) is 6.07 Å². The largest absolute Gasteiger partial charge is 0.493 e. The van der Waals surface area contributed by atoms with Gasteiger partial charge in [-0.05, 0) is 31.2 Å². The number of carbonyl (C=O) groups excluding carboxylic acids is 1. The molecule has 0 fully saturated rings. The molecule has 0 bridgehead atoms. The highest BCUT2D eigenvalue weighted by Gasteiger charge is 2.18. The lowest BCUT2D eigenvalue weighted by atomic mass is 10.1. The van der Waals surface area contributed by atoms with E-state index in [2.05, 4.69) is 10.1 Å². The first-order valence-corrected chi connectivity index (χ1v) is 7.20. The topological polar surface area (TPSA) is 47.6 Å². The molecule has 0 saturated carbocycles. The lowest BCUT2D eigenvalue weighted by Gasteiger charge is -2.16. The van der Waals surface area contributed by atoms with Crippen LogP contribution in [0.5, 0.6) is 11.5 Å². The van der Waals surface area contributed by atoms with E-state index >= 15 is 0 Å². The molecule has 2 rings (SSSR count). The summed E-state index contributed by atoms with van der Waals surface area (Å²) in [5.74, 6) is -2.36. The number of methoxy groups -OCH3 is 1. The summed E-state index contributed by atoms with van der Waals surface area (Å²) in [6.07, 6.45) is 0. The maximum Gasteiger partial charge on any atom is 0.387 e. The number of ether oxygens (including phenoxy) is 2. The predicted molar refractivity (Wildman–Crippen MR) is 81.9 cm³/mol. The normalized spacial score (nSPS) is 12.0. The van der Waals surface area contributed by atoms with Gasteiger partial charge in [-0.3, -0.25) is 4.79 Å². The minimum atomic E-state index is -3.03. The Bertz CT molecular complexity index is 768. The van der Waals surface area contributed by atoms with E-state index in [0.717, 1.165) is 12.1 Å². The number of halogens is 4. The molecule has 1 amide bonds. The fourth-order valence-corrected chi connectivity index (χ4v) is 2.21. The molecule has 0 unspecified atom stereocenters. The van der Waals surface area contributed by atoms with Gasteiger partial charge in [0.25, 0.3) is 5.91 Å². The smallest absolute Gasteiger partial charge is 0.387 e. The quantitative estimate of drug-likeness (QED) is 0.793. The molecule has 0 aliphatic rings. The van der Waals surface area contributed by atoms with Crippen molar-refractivity contribution in [2.24, 2.45) is 0 Å². The van der Waals surface area contributed by atoms with Crippen LogP contribution in [0.3, 0.4) is 0 Å². The first kappa shape index (κ1) is 18.6. The van der Waals surface area contributed by atoms with E-state index in [4.69, 9.17) is 4.74 Å². The third-order valence-corrected chi connectivity index (χ3v) is 3.42. The highest BCUT2D eigenvalue weighted by Crippen LogP contribution is 2.29. The average molecular weight is 357 g/mol. The van der Waals surface area contributed by atoms with Crippen molar-refractivity contribution in [2.45, 2.75) is 19.6 Å². The molecule has 2 aromatic rings. The number of rotatable bonds is 6. The van der Waals surface area contributed by atoms with Gasteiger partial charge in [-0.2, -0.15) is 8.78 Å². The number of nitrogens with one attached hydrogen (secondary N) is 1. The van der Waals surface area contributed by atoms with Gasteiger partial charge in [0.2, 0.25) is 0 Å². The Morgan fingerprint density at radius 2 is 1.80 bits per heavy atom. The Kier molecular flexibility index (Phi) is 5.84. The van der Waals surface area contributed by atoms with E-state index in [1.807, 2.05) is 0 Å². The second kappa shape index (κ2) is 7.87. The van der Waals surface area contributed by atoms with E-state index < -0.39 is 30.2 Å². The van der Waals surface area contributed by atoms with Crippen LogP contribution in [0.1, 0.15) is 28.9 Å². The highest BCUT2D eigenvalue weighted by atomic mass is 19.3. The summed E-state index contributed by atoms with van der Waals surface area (Å²) in [6.45, 7) is -1.50. The number of hydrogen-bond acceptors (Lipinski definition) is 3. The van der Waals surface area contributed by atoms with Crippen molar-refractivity contribution in [3.63, 3.8) is 0 Å².